The maximum atomic E-state index is 9.44. The number of rotatable bonds is 4. The van der Waals surface area contributed by atoms with Crippen LogP contribution in [-0.4, -0.2) is 39.3 Å². The average Bonchev–Trinajstić information content (AvgIpc) is 3.21. The smallest absolute Gasteiger partial charge is 0.208 e. The fraction of sp³-hybridized carbons (Fsp3) is 0.333. The highest BCUT2D eigenvalue weighted by atomic mass is 79.9. The van der Waals surface area contributed by atoms with Crippen molar-refractivity contribution < 1.29 is 5.11 Å². The Morgan fingerprint density at radius 3 is 2.83 bits per heavy atom. The maximum absolute atomic E-state index is 9.44. The molecule has 1 aliphatic heterocycles. The third-order valence-electron chi connectivity index (χ3n) is 4.56. The number of hydrogen-bond acceptors (Lipinski definition) is 4. The van der Waals surface area contributed by atoms with E-state index in [1.54, 1.807) is 6.20 Å². The van der Waals surface area contributed by atoms with Crippen LogP contribution in [0.5, 0.6) is 0 Å². The van der Waals surface area contributed by atoms with Crippen molar-refractivity contribution in [3.8, 4) is 0 Å². The molecule has 0 amide bonds. The second-order valence-electron chi connectivity index (χ2n) is 6.26. The molecule has 0 unspecified atom stereocenters. The van der Waals surface area contributed by atoms with Crippen LogP contribution in [0.1, 0.15) is 12.0 Å². The SMILES string of the molecule is OC[C@H]1CCN(c2nc3ncc(Br)cc3n2Cc2ccccc2)C1. The summed E-state index contributed by atoms with van der Waals surface area (Å²) in [5.74, 6) is 1.27. The minimum Gasteiger partial charge on any atom is -0.396 e. The summed E-state index contributed by atoms with van der Waals surface area (Å²) < 4.78 is 3.17. The van der Waals surface area contributed by atoms with Crippen LogP contribution < -0.4 is 4.90 Å². The second kappa shape index (κ2) is 6.53. The first kappa shape index (κ1) is 15.6. The average molecular weight is 387 g/mol. The zero-order valence-corrected chi connectivity index (χ0v) is 14.9. The molecule has 0 aliphatic carbocycles. The number of benzene rings is 1. The summed E-state index contributed by atoms with van der Waals surface area (Å²) in [7, 11) is 0. The van der Waals surface area contributed by atoms with Gasteiger partial charge in [-0.1, -0.05) is 30.3 Å². The van der Waals surface area contributed by atoms with E-state index in [2.05, 4.69) is 60.7 Å². The first-order chi connectivity index (χ1) is 11.7. The van der Waals surface area contributed by atoms with Crippen LogP contribution in [0.3, 0.4) is 0 Å². The van der Waals surface area contributed by atoms with Gasteiger partial charge in [-0.25, -0.2) is 4.98 Å². The van der Waals surface area contributed by atoms with Crippen LogP contribution in [0, 0.1) is 5.92 Å². The summed E-state index contributed by atoms with van der Waals surface area (Å²) in [5.41, 5.74) is 3.02. The summed E-state index contributed by atoms with van der Waals surface area (Å²) in [5, 5.41) is 9.44. The van der Waals surface area contributed by atoms with Crippen LogP contribution in [0.25, 0.3) is 11.2 Å². The summed E-state index contributed by atoms with van der Waals surface area (Å²) >= 11 is 3.52. The number of aliphatic hydroxyl groups excluding tert-OH is 1. The summed E-state index contributed by atoms with van der Waals surface area (Å²) in [6, 6.07) is 12.5. The van der Waals surface area contributed by atoms with E-state index in [1.807, 2.05) is 6.07 Å². The van der Waals surface area contributed by atoms with E-state index in [1.165, 1.54) is 5.56 Å². The molecule has 0 spiro atoms. The quantitative estimate of drug-likeness (QED) is 0.748. The van der Waals surface area contributed by atoms with Gasteiger partial charge in [-0.3, -0.25) is 0 Å². The van der Waals surface area contributed by atoms with Crippen LogP contribution in [0.15, 0.2) is 47.1 Å². The van der Waals surface area contributed by atoms with Gasteiger partial charge >= 0.3 is 0 Å². The fourth-order valence-corrected chi connectivity index (χ4v) is 3.61. The molecule has 6 heteroatoms. The van der Waals surface area contributed by atoms with Crippen molar-refractivity contribution in [1.29, 1.82) is 0 Å². The molecule has 1 aliphatic rings. The largest absolute Gasteiger partial charge is 0.396 e. The van der Waals surface area contributed by atoms with Crippen molar-refractivity contribution in [3.05, 3.63) is 52.6 Å². The van der Waals surface area contributed by atoms with Gasteiger partial charge in [0.25, 0.3) is 0 Å². The van der Waals surface area contributed by atoms with Crippen LogP contribution in [0.4, 0.5) is 5.95 Å². The Balaban J connectivity index is 1.78. The zero-order valence-electron chi connectivity index (χ0n) is 13.3. The van der Waals surface area contributed by atoms with Gasteiger partial charge in [-0.05, 0) is 34.0 Å². The third-order valence-corrected chi connectivity index (χ3v) is 5.00. The molecule has 5 nitrogen and oxygen atoms in total. The predicted octanol–water partition coefficient (Wildman–Crippen LogP) is 3.06. The molecular weight excluding hydrogens is 368 g/mol. The molecule has 0 bridgehead atoms. The van der Waals surface area contributed by atoms with E-state index in [0.29, 0.717) is 5.92 Å². The van der Waals surface area contributed by atoms with E-state index in [9.17, 15) is 5.11 Å². The first-order valence-corrected chi connectivity index (χ1v) is 8.95. The topological polar surface area (TPSA) is 54.2 Å². The van der Waals surface area contributed by atoms with Gasteiger partial charge in [-0.2, -0.15) is 4.98 Å². The normalized spacial score (nSPS) is 17.8. The van der Waals surface area contributed by atoms with Crippen molar-refractivity contribution in [1.82, 2.24) is 14.5 Å². The monoisotopic (exact) mass is 386 g/mol. The molecule has 1 N–H and O–H groups in total. The van der Waals surface area contributed by atoms with Crippen LogP contribution in [0.2, 0.25) is 0 Å². The van der Waals surface area contributed by atoms with Crippen molar-refractivity contribution in [3.63, 3.8) is 0 Å². The molecule has 2 aromatic heterocycles. The lowest BCUT2D eigenvalue weighted by Crippen LogP contribution is -2.24. The fourth-order valence-electron chi connectivity index (χ4n) is 3.30. The van der Waals surface area contributed by atoms with Gasteiger partial charge in [0.05, 0.1) is 12.1 Å². The minimum atomic E-state index is 0.235. The number of halogens is 1. The van der Waals surface area contributed by atoms with E-state index in [0.717, 1.165) is 47.6 Å². The number of hydrogen-bond donors (Lipinski definition) is 1. The van der Waals surface area contributed by atoms with E-state index in [-0.39, 0.29) is 6.61 Å². The Hall–Kier alpha value is -1.92. The van der Waals surface area contributed by atoms with E-state index in [4.69, 9.17) is 4.98 Å². The standard InChI is InChI=1S/C18H19BrN4O/c19-15-8-16-17(20-9-15)21-18(22-7-6-14(10-22)12-24)23(16)11-13-4-2-1-3-5-13/h1-5,8-9,14,24H,6-7,10-12H2/t14-/m0/s1. The Labute approximate surface area is 149 Å². The van der Waals surface area contributed by atoms with Gasteiger partial charge in [-0.15, -0.1) is 0 Å². The lowest BCUT2D eigenvalue weighted by molar-refractivity contribution is 0.238. The number of aliphatic hydroxyl groups is 1. The van der Waals surface area contributed by atoms with Crippen molar-refractivity contribution in [2.24, 2.45) is 5.92 Å². The Kier molecular flexibility index (Phi) is 4.24. The highest BCUT2D eigenvalue weighted by Gasteiger charge is 2.26. The Morgan fingerprint density at radius 2 is 2.08 bits per heavy atom. The van der Waals surface area contributed by atoms with Gasteiger partial charge in [0, 0.05) is 36.3 Å². The van der Waals surface area contributed by atoms with Crippen molar-refractivity contribution >= 4 is 33.0 Å². The third kappa shape index (κ3) is 2.91. The second-order valence-corrected chi connectivity index (χ2v) is 7.18. The molecule has 124 valence electrons. The molecule has 1 fully saturated rings. The summed E-state index contributed by atoms with van der Waals surface area (Å²) in [4.78, 5) is 11.5. The number of anilines is 1. The lowest BCUT2D eigenvalue weighted by Gasteiger charge is -2.19. The number of fused-ring (bicyclic) bond motifs is 1. The molecule has 4 rings (SSSR count). The predicted molar refractivity (Wildman–Crippen MR) is 98.2 cm³/mol. The Bertz CT molecular complexity index is 849. The van der Waals surface area contributed by atoms with Crippen LogP contribution in [-0.2, 0) is 6.54 Å². The molecule has 0 radical (unpaired) electrons. The number of imidazole rings is 1. The van der Waals surface area contributed by atoms with Gasteiger partial charge in [0.2, 0.25) is 5.95 Å². The minimum absolute atomic E-state index is 0.235. The molecule has 1 atom stereocenters. The lowest BCUT2D eigenvalue weighted by atomic mass is 10.1. The highest BCUT2D eigenvalue weighted by Crippen LogP contribution is 2.28. The maximum Gasteiger partial charge on any atom is 0.208 e. The molecule has 1 saturated heterocycles. The molecule has 3 aromatic rings. The van der Waals surface area contributed by atoms with E-state index < -0.39 is 0 Å². The number of aromatic nitrogens is 3. The van der Waals surface area contributed by atoms with Crippen molar-refractivity contribution in [2.75, 3.05) is 24.6 Å². The van der Waals surface area contributed by atoms with Gasteiger partial charge in [0.15, 0.2) is 5.65 Å². The molecule has 0 saturated carbocycles. The molecular formula is C18H19BrN4O. The Morgan fingerprint density at radius 1 is 1.25 bits per heavy atom. The van der Waals surface area contributed by atoms with Gasteiger partial charge in [0.1, 0.15) is 0 Å². The van der Waals surface area contributed by atoms with Crippen molar-refractivity contribution in [2.45, 2.75) is 13.0 Å². The summed E-state index contributed by atoms with van der Waals surface area (Å²) in [6.07, 6.45) is 2.79. The molecule has 3 heterocycles. The van der Waals surface area contributed by atoms with Gasteiger partial charge < -0.3 is 14.6 Å². The number of nitrogens with zero attached hydrogens (tertiary/aromatic N) is 4. The zero-order chi connectivity index (χ0) is 16.5. The summed E-state index contributed by atoms with van der Waals surface area (Å²) in [6.45, 7) is 2.75. The molecule has 1 aromatic carbocycles. The number of pyridine rings is 1. The van der Waals surface area contributed by atoms with Crippen LogP contribution >= 0.6 is 15.9 Å². The van der Waals surface area contributed by atoms with E-state index >= 15 is 0 Å². The first-order valence-electron chi connectivity index (χ1n) is 8.16. The molecule has 24 heavy (non-hydrogen) atoms. The highest BCUT2D eigenvalue weighted by molar-refractivity contribution is 9.10.